The van der Waals surface area contributed by atoms with E-state index in [0.29, 0.717) is 0 Å². The minimum absolute atomic E-state index is 0.880. The smallest absolute Gasteiger partial charge is 0.137 e. The monoisotopic (exact) mass is 648 g/mol. The number of para-hydroxylation sites is 1. The molecule has 0 aliphatic heterocycles. The fourth-order valence-corrected chi connectivity index (χ4v) is 8.56. The van der Waals surface area contributed by atoms with Crippen molar-refractivity contribution in [3.63, 3.8) is 0 Å². The van der Waals surface area contributed by atoms with Crippen LogP contribution in [-0.4, -0.2) is 4.98 Å². The van der Waals surface area contributed by atoms with Gasteiger partial charge in [0.1, 0.15) is 16.2 Å². The molecule has 3 nitrogen and oxygen atoms in total. The van der Waals surface area contributed by atoms with Gasteiger partial charge in [0.2, 0.25) is 0 Å². The van der Waals surface area contributed by atoms with Crippen LogP contribution in [0.2, 0.25) is 0 Å². The summed E-state index contributed by atoms with van der Waals surface area (Å²) in [5.41, 5.74) is 9.88. The number of anilines is 3. The molecule has 0 fully saturated rings. The third kappa shape index (κ3) is 4.74. The second kappa shape index (κ2) is 11.5. The van der Waals surface area contributed by atoms with Crippen molar-refractivity contribution in [2.24, 2.45) is 0 Å². The van der Waals surface area contributed by atoms with Gasteiger partial charge in [-0.1, -0.05) is 97.1 Å². The van der Waals surface area contributed by atoms with E-state index in [4.69, 9.17) is 9.40 Å². The predicted molar refractivity (Wildman–Crippen MR) is 209 cm³/mol. The molecule has 8 aromatic rings. The topological polar surface area (TPSA) is 29.3 Å². The quantitative estimate of drug-likeness (QED) is 0.174. The Balaban J connectivity index is 1.20. The van der Waals surface area contributed by atoms with E-state index in [2.05, 4.69) is 138 Å². The maximum atomic E-state index is 6.41. The molecule has 2 heterocycles. The third-order valence-electron chi connectivity index (χ3n) is 9.93. The summed E-state index contributed by atoms with van der Waals surface area (Å²) in [7, 11) is 0. The first-order valence-electron chi connectivity index (χ1n) is 17.1. The highest BCUT2D eigenvalue weighted by atomic mass is 32.1. The first kappa shape index (κ1) is 28.3. The van der Waals surface area contributed by atoms with Gasteiger partial charge in [-0.3, -0.25) is 0 Å². The van der Waals surface area contributed by atoms with Crippen LogP contribution in [0.1, 0.15) is 36.3 Å². The summed E-state index contributed by atoms with van der Waals surface area (Å²) in [6, 6.07) is 39.6. The van der Waals surface area contributed by atoms with Crippen molar-refractivity contribution in [3.8, 4) is 0 Å². The predicted octanol–water partition coefficient (Wildman–Crippen LogP) is 13.4. The zero-order valence-corrected chi connectivity index (χ0v) is 27.7. The summed E-state index contributed by atoms with van der Waals surface area (Å²) in [4.78, 5) is 7.62. The number of aromatic nitrogens is 1. The lowest BCUT2D eigenvalue weighted by Crippen LogP contribution is -2.10. The molecule has 234 valence electrons. The highest BCUT2D eigenvalue weighted by Gasteiger charge is 2.20. The van der Waals surface area contributed by atoms with Gasteiger partial charge in [-0.05, 0) is 90.1 Å². The van der Waals surface area contributed by atoms with Crippen molar-refractivity contribution in [3.05, 3.63) is 156 Å². The molecule has 2 aliphatic carbocycles. The van der Waals surface area contributed by atoms with E-state index in [1.807, 2.05) is 12.1 Å². The number of fused-ring (bicyclic) bond motifs is 8. The van der Waals surface area contributed by atoms with Gasteiger partial charge in [-0.2, -0.15) is 0 Å². The number of hydrogen-bond acceptors (Lipinski definition) is 4. The summed E-state index contributed by atoms with van der Waals surface area (Å²) in [5.74, 6) is 0. The van der Waals surface area contributed by atoms with Crippen LogP contribution in [0.4, 0.5) is 17.1 Å². The lowest BCUT2D eigenvalue weighted by Gasteiger charge is -2.27. The standard InChI is InChI=1S/C45H32N2OS/c1-3-10-29(11-4-1)30-18-21-33(22-19-30)47(34-23-25-36-35-15-7-8-17-40(35)48-41(36)28-34)39-16-9-14-31-20-24-38-37(43(31)39)26-27-42-44(38)46-45(49-42)32-12-5-2-6-13-32/h3,5,7-28H,1-2,4,6H2. The molecule has 0 N–H and O–H groups in total. The first-order chi connectivity index (χ1) is 24.3. The van der Waals surface area contributed by atoms with Crippen molar-refractivity contribution >= 4 is 93.2 Å². The Bertz CT molecular complexity index is 2720. The van der Waals surface area contributed by atoms with Crippen LogP contribution in [0.15, 0.2) is 150 Å². The second-order valence-electron chi connectivity index (χ2n) is 12.9. The van der Waals surface area contributed by atoms with E-state index in [1.54, 1.807) is 11.3 Å². The molecule has 0 atom stereocenters. The summed E-state index contributed by atoms with van der Waals surface area (Å²) in [6.45, 7) is 0. The molecule has 0 amide bonds. The van der Waals surface area contributed by atoms with Crippen molar-refractivity contribution in [1.29, 1.82) is 0 Å². The van der Waals surface area contributed by atoms with E-state index in [-0.39, 0.29) is 0 Å². The molecule has 0 saturated carbocycles. The molecule has 4 heteroatoms. The van der Waals surface area contributed by atoms with Gasteiger partial charge in [0.25, 0.3) is 0 Å². The van der Waals surface area contributed by atoms with Crippen LogP contribution in [0.5, 0.6) is 0 Å². The Kier molecular flexibility index (Phi) is 6.63. The minimum atomic E-state index is 0.880. The average molecular weight is 649 g/mol. The van der Waals surface area contributed by atoms with Crippen LogP contribution < -0.4 is 4.90 Å². The van der Waals surface area contributed by atoms with Gasteiger partial charge in [-0.25, -0.2) is 4.98 Å². The molecule has 2 aliphatic rings. The Morgan fingerprint density at radius 3 is 2.18 bits per heavy atom. The molecule has 49 heavy (non-hydrogen) atoms. The third-order valence-corrected chi connectivity index (χ3v) is 11.0. The molecule has 0 saturated heterocycles. The normalized spacial score (nSPS) is 14.7. The van der Waals surface area contributed by atoms with E-state index in [9.17, 15) is 0 Å². The van der Waals surface area contributed by atoms with Gasteiger partial charge in [0.05, 0.1) is 15.9 Å². The minimum Gasteiger partial charge on any atom is -0.456 e. The van der Waals surface area contributed by atoms with Gasteiger partial charge in [-0.15, -0.1) is 11.3 Å². The summed E-state index contributed by atoms with van der Waals surface area (Å²) in [5, 5.41) is 8.14. The van der Waals surface area contributed by atoms with Crippen molar-refractivity contribution in [2.75, 3.05) is 4.90 Å². The van der Waals surface area contributed by atoms with Crippen molar-refractivity contribution in [1.82, 2.24) is 4.98 Å². The van der Waals surface area contributed by atoms with Gasteiger partial charge < -0.3 is 9.32 Å². The van der Waals surface area contributed by atoms with Gasteiger partial charge >= 0.3 is 0 Å². The number of benzene rings is 6. The number of nitrogens with zero attached hydrogens (tertiary/aromatic N) is 2. The van der Waals surface area contributed by atoms with Crippen LogP contribution in [0.3, 0.4) is 0 Å². The Labute approximate surface area is 288 Å². The summed E-state index contributed by atoms with van der Waals surface area (Å²) >= 11 is 1.78. The maximum absolute atomic E-state index is 6.41. The van der Waals surface area contributed by atoms with Crippen molar-refractivity contribution in [2.45, 2.75) is 25.7 Å². The lowest BCUT2D eigenvalue weighted by molar-refractivity contribution is 0.669. The Morgan fingerprint density at radius 2 is 1.35 bits per heavy atom. The van der Waals surface area contributed by atoms with E-state index >= 15 is 0 Å². The fraction of sp³-hybridized carbons (Fsp3) is 0.0889. The molecule has 0 unspecified atom stereocenters. The van der Waals surface area contributed by atoms with Crippen LogP contribution in [0, 0.1) is 0 Å². The SMILES string of the molecule is C1=CC(c2ccc(N(c3ccc4c(c3)oc3ccccc34)c3cccc4ccc5c(ccc6sc(C7=CCCC=C7)nc65)c34)cc2)=CCC1. The Hall–Kier alpha value is -5.71. The zero-order valence-electron chi connectivity index (χ0n) is 26.9. The fourth-order valence-electron chi connectivity index (χ4n) is 7.56. The zero-order chi connectivity index (χ0) is 32.3. The molecular weight excluding hydrogens is 617 g/mol. The van der Waals surface area contributed by atoms with E-state index in [0.717, 1.165) is 75.2 Å². The number of hydrogen-bond donors (Lipinski definition) is 0. The molecule has 0 radical (unpaired) electrons. The Morgan fingerprint density at radius 1 is 0.592 bits per heavy atom. The second-order valence-corrected chi connectivity index (χ2v) is 13.9. The molecular formula is C45H32N2OS. The molecule has 6 aromatic carbocycles. The molecule has 2 aromatic heterocycles. The van der Waals surface area contributed by atoms with Crippen LogP contribution in [0.25, 0.3) is 64.8 Å². The van der Waals surface area contributed by atoms with Crippen LogP contribution in [-0.2, 0) is 0 Å². The van der Waals surface area contributed by atoms with Crippen molar-refractivity contribution < 1.29 is 4.42 Å². The lowest BCUT2D eigenvalue weighted by atomic mass is 9.97. The van der Waals surface area contributed by atoms with E-state index in [1.165, 1.54) is 43.0 Å². The highest BCUT2D eigenvalue weighted by molar-refractivity contribution is 7.19. The van der Waals surface area contributed by atoms with Crippen LogP contribution >= 0.6 is 11.3 Å². The molecule has 10 rings (SSSR count). The average Bonchev–Trinajstić information content (AvgIpc) is 3.78. The molecule has 0 bridgehead atoms. The maximum Gasteiger partial charge on any atom is 0.137 e. The number of allylic oxidation sites excluding steroid dienone is 8. The number of rotatable bonds is 5. The van der Waals surface area contributed by atoms with Gasteiger partial charge in [0.15, 0.2) is 0 Å². The largest absolute Gasteiger partial charge is 0.456 e. The number of furan rings is 1. The number of thiazole rings is 1. The summed E-state index contributed by atoms with van der Waals surface area (Å²) in [6.07, 6.45) is 18.0. The van der Waals surface area contributed by atoms with Gasteiger partial charge in [0, 0.05) is 44.6 Å². The highest BCUT2D eigenvalue weighted by Crippen LogP contribution is 2.45. The van der Waals surface area contributed by atoms with E-state index < -0.39 is 0 Å². The first-order valence-corrected chi connectivity index (χ1v) is 17.9. The molecule has 0 spiro atoms. The summed E-state index contributed by atoms with van der Waals surface area (Å²) < 4.78 is 7.63.